The Morgan fingerprint density at radius 2 is 1.76 bits per heavy atom. The second kappa shape index (κ2) is 8.06. The average molecular weight is 388 g/mol. The molecule has 1 amide bonds. The highest BCUT2D eigenvalue weighted by atomic mass is 16.5. The van der Waals surface area contributed by atoms with Gasteiger partial charge >= 0.3 is 12.1 Å². The molecule has 0 spiro atoms. The molecule has 0 bridgehead atoms. The summed E-state index contributed by atoms with van der Waals surface area (Å²) < 4.78 is 5.19. The van der Waals surface area contributed by atoms with E-state index in [2.05, 4.69) is 16.3 Å². The van der Waals surface area contributed by atoms with Crippen LogP contribution in [0.2, 0.25) is 0 Å². The van der Waals surface area contributed by atoms with E-state index in [0.29, 0.717) is 0 Å². The van der Waals surface area contributed by atoms with Gasteiger partial charge in [-0.1, -0.05) is 48.5 Å². The third kappa shape index (κ3) is 4.06. The van der Waals surface area contributed by atoms with Gasteiger partial charge in [-0.3, -0.25) is 5.32 Å². The second-order valence-corrected chi connectivity index (χ2v) is 6.75. The molecule has 1 heterocycles. The number of hydrogen-bond donors (Lipinski definition) is 2. The number of fused-ring (bicyclic) bond motifs is 1. The van der Waals surface area contributed by atoms with Crippen molar-refractivity contribution in [1.82, 2.24) is 0 Å². The Morgan fingerprint density at radius 3 is 2.55 bits per heavy atom. The highest BCUT2D eigenvalue weighted by Gasteiger charge is 2.22. The number of benzene rings is 3. The number of anilines is 3. The SMILES string of the molecule is O=C(Nc1ccc(N2CCc3ccccc32)cc1C(=O)O)OCc1ccccc1. The lowest BCUT2D eigenvalue weighted by molar-refractivity contribution is 0.0698. The molecule has 3 aromatic rings. The molecule has 0 saturated carbocycles. The summed E-state index contributed by atoms with van der Waals surface area (Å²) in [7, 11) is 0. The zero-order valence-corrected chi connectivity index (χ0v) is 15.7. The van der Waals surface area contributed by atoms with Crippen molar-refractivity contribution in [2.24, 2.45) is 0 Å². The molecule has 0 aliphatic carbocycles. The van der Waals surface area contributed by atoms with Crippen LogP contribution in [0, 0.1) is 0 Å². The lowest BCUT2D eigenvalue weighted by Gasteiger charge is -2.21. The largest absolute Gasteiger partial charge is 0.478 e. The molecule has 0 unspecified atom stereocenters. The quantitative estimate of drug-likeness (QED) is 0.655. The molecular formula is C23H20N2O4. The number of ether oxygens (including phenoxy) is 1. The van der Waals surface area contributed by atoms with Crippen LogP contribution >= 0.6 is 0 Å². The monoisotopic (exact) mass is 388 g/mol. The summed E-state index contributed by atoms with van der Waals surface area (Å²) in [5.41, 5.74) is 4.15. The number of nitrogens with zero attached hydrogens (tertiary/aromatic N) is 1. The van der Waals surface area contributed by atoms with Crippen LogP contribution in [0.1, 0.15) is 21.5 Å². The molecule has 0 saturated heterocycles. The standard InChI is InChI=1S/C23H20N2O4/c26-22(27)19-14-18(25-13-12-17-8-4-5-9-21(17)25)10-11-20(19)24-23(28)29-15-16-6-2-1-3-7-16/h1-11,14H,12-13,15H2,(H,24,28)(H,26,27). The van der Waals surface area contributed by atoms with Crippen molar-refractivity contribution in [1.29, 1.82) is 0 Å². The molecule has 29 heavy (non-hydrogen) atoms. The highest BCUT2D eigenvalue weighted by Crippen LogP contribution is 2.35. The van der Waals surface area contributed by atoms with Gasteiger partial charge in [0.05, 0.1) is 11.3 Å². The third-order valence-corrected chi connectivity index (χ3v) is 4.88. The minimum absolute atomic E-state index is 0.0172. The van der Waals surface area contributed by atoms with E-state index in [1.165, 1.54) is 5.56 Å². The Hall–Kier alpha value is -3.80. The van der Waals surface area contributed by atoms with Crippen molar-refractivity contribution in [2.45, 2.75) is 13.0 Å². The van der Waals surface area contributed by atoms with Gasteiger partial charge in [0.2, 0.25) is 0 Å². The number of carbonyl (C=O) groups excluding carboxylic acids is 1. The van der Waals surface area contributed by atoms with Crippen LogP contribution in [0.5, 0.6) is 0 Å². The zero-order valence-electron chi connectivity index (χ0n) is 15.7. The molecule has 3 aromatic carbocycles. The van der Waals surface area contributed by atoms with Crippen molar-refractivity contribution in [3.8, 4) is 0 Å². The summed E-state index contributed by atoms with van der Waals surface area (Å²) in [6, 6.07) is 22.3. The lowest BCUT2D eigenvalue weighted by atomic mass is 10.1. The van der Waals surface area contributed by atoms with E-state index in [9.17, 15) is 14.7 Å². The van der Waals surface area contributed by atoms with Crippen LogP contribution in [-0.2, 0) is 17.8 Å². The summed E-state index contributed by atoms with van der Waals surface area (Å²) in [5.74, 6) is -1.11. The number of para-hydroxylation sites is 1. The molecule has 0 fully saturated rings. The van der Waals surface area contributed by atoms with Crippen LogP contribution in [0.25, 0.3) is 0 Å². The number of rotatable bonds is 5. The van der Waals surface area contributed by atoms with E-state index >= 15 is 0 Å². The molecular weight excluding hydrogens is 368 g/mol. The normalized spacial score (nSPS) is 12.3. The number of nitrogens with one attached hydrogen (secondary N) is 1. The van der Waals surface area contributed by atoms with Crippen molar-refractivity contribution in [3.05, 3.63) is 89.5 Å². The molecule has 6 heteroatoms. The maximum atomic E-state index is 12.1. The van der Waals surface area contributed by atoms with Gasteiger partial charge in [0, 0.05) is 17.9 Å². The number of hydrogen-bond acceptors (Lipinski definition) is 4. The molecule has 2 N–H and O–H groups in total. The van der Waals surface area contributed by atoms with Gasteiger partial charge in [0.1, 0.15) is 6.61 Å². The van der Waals surface area contributed by atoms with Gasteiger partial charge in [0.15, 0.2) is 0 Å². The summed E-state index contributed by atoms with van der Waals surface area (Å²) >= 11 is 0. The molecule has 0 aromatic heterocycles. The van der Waals surface area contributed by atoms with Crippen LogP contribution in [-0.4, -0.2) is 23.7 Å². The summed E-state index contributed by atoms with van der Waals surface area (Å²) in [6.07, 6.45) is 0.209. The van der Waals surface area contributed by atoms with E-state index in [1.54, 1.807) is 18.2 Å². The molecule has 4 rings (SSSR count). The fraction of sp³-hybridized carbons (Fsp3) is 0.130. The Kier molecular flexibility index (Phi) is 5.16. The van der Waals surface area contributed by atoms with Crippen molar-refractivity contribution >= 4 is 29.1 Å². The summed E-state index contributed by atoms with van der Waals surface area (Å²) in [6.45, 7) is 0.891. The molecule has 1 aliphatic heterocycles. The van der Waals surface area contributed by atoms with E-state index in [0.717, 1.165) is 29.9 Å². The Bertz CT molecular complexity index is 1050. The number of aromatic carboxylic acids is 1. The van der Waals surface area contributed by atoms with Crippen LogP contribution in [0.3, 0.4) is 0 Å². The van der Waals surface area contributed by atoms with Crippen LogP contribution in [0.15, 0.2) is 72.8 Å². The number of carbonyl (C=O) groups is 2. The first kappa shape index (κ1) is 18.6. The zero-order chi connectivity index (χ0) is 20.2. The molecule has 6 nitrogen and oxygen atoms in total. The van der Waals surface area contributed by atoms with Gasteiger partial charge in [-0.2, -0.15) is 0 Å². The molecule has 0 atom stereocenters. The van der Waals surface area contributed by atoms with E-state index in [4.69, 9.17) is 4.74 Å². The van der Waals surface area contributed by atoms with Gasteiger partial charge < -0.3 is 14.7 Å². The minimum Gasteiger partial charge on any atom is -0.478 e. The Morgan fingerprint density at radius 1 is 1.00 bits per heavy atom. The number of amides is 1. The molecule has 146 valence electrons. The maximum absolute atomic E-state index is 12.1. The van der Waals surface area contributed by atoms with Gasteiger partial charge in [-0.15, -0.1) is 0 Å². The topological polar surface area (TPSA) is 78.9 Å². The lowest BCUT2D eigenvalue weighted by Crippen LogP contribution is -2.18. The number of carboxylic acids is 1. The number of carboxylic acid groups (broad SMARTS) is 1. The van der Waals surface area contributed by atoms with E-state index in [-0.39, 0.29) is 17.9 Å². The van der Waals surface area contributed by atoms with Crippen molar-refractivity contribution in [2.75, 3.05) is 16.8 Å². The first-order chi connectivity index (χ1) is 14.1. The van der Waals surface area contributed by atoms with Gasteiger partial charge in [-0.25, -0.2) is 9.59 Å². The highest BCUT2D eigenvalue weighted by molar-refractivity contribution is 6.00. The van der Waals surface area contributed by atoms with Crippen molar-refractivity contribution in [3.63, 3.8) is 0 Å². The Balaban J connectivity index is 1.51. The fourth-order valence-corrected chi connectivity index (χ4v) is 3.46. The molecule has 1 aliphatic rings. The minimum atomic E-state index is -1.11. The average Bonchev–Trinajstić information content (AvgIpc) is 3.17. The fourth-order valence-electron chi connectivity index (χ4n) is 3.46. The maximum Gasteiger partial charge on any atom is 0.411 e. The smallest absolute Gasteiger partial charge is 0.411 e. The summed E-state index contributed by atoms with van der Waals surface area (Å²) in [4.78, 5) is 26.0. The van der Waals surface area contributed by atoms with Gasteiger partial charge in [0.25, 0.3) is 0 Å². The molecule has 0 radical (unpaired) electrons. The predicted molar refractivity (Wildman–Crippen MR) is 111 cm³/mol. The van der Waals surface area contributed by atoms with Gasteiger partial charge in [-0.05, 0) is 41.8 Å². The first-order valence-corrected chi connectivity index (χ1v) is 9.32. The Labute approximate surface area is 168 Å². The van der Waals surface area contributed by atoms with E-state index in [1.807, 2.05) is 48.5 Å². The van der Waals surface area contributed by atoms with Crippen LogP contribution in [0.4, 0.5) is 21.9 Å². The van der Waals surface area contributed by atoms with Crippen LogP contribution < -0.4 is 10.2 Å². The summed E-state index contributed by atoms with van der Waals surface area (Å²) in [5, 5.41) is 12.2. The van der Waals surface area contributed by atoms with E-state index < -0.39 is 12.1 Å². The first-order valence-electron chi connectivity index (χ1n) is 9.32. The second-order valence-electron chi connectivity index (χ2n) is 6.75. The predicted octanol–water partition coefficient (Wildman–Crippen LogP) is 4.83. The third-order valence-electron chi connectivity index (χ3n) is 4.88. The van der Waals surface area contributed by atoms with Crippen molar-refractivity contribution < 1.29 is 19.4 Å².